The van der Waals surface area contributed by atoms with Crippen LogP contribution in [-0.4, -0.2) is 25.0 Å². The molecule has 1 saturated carbocycles. The number of aromatic nitrogens is 4. The van der Waals surface area contributed by atoms with Gasteiger partial charge in [0.05, 0.1) is 6.04 Å². The van der Waals surface area contributed by atoms with E-state index in [9.17, 15) is 14.4 Å². The number of carbonyl (C=O) groups is 1. The first-order chi connectivity index (χ1) is 11.0. The number of nitrogens with zero attached hydrogens (tertiary/aromatic N) is 3. The lowest BCUT2D eigenvalue weighted by atomic mass is 10.1. The van der Waals surface area contributed by atoms with E-state index < -0.39 is 11.2 Å². The van der Waals surface area contributed by atoms with Crippen molar-refractivity contribution < 1.29 is 4.79 Å². The number of nitrogens with one attached hydrogen (secondary N) is 2. The fourth-order valence-electron chi connectivity index (χ4n) is 2.61. The summed E-state index contributed by atoms with van der Waals surface area (Å²) in [6, 6.07) is -0.151. The lowest BCUT2D eigenvalue weighted by Gasteiger charge is -2.18. The summed E-state index contributed by atoms with van der Waals surface area (Å²) in [6.45, 7) is 1.46. The lowest BCUT2D eigenvalue weighted by Crippen LogP contribution is -2.38. The van der Waals surface area contributed by atoms with Crippen LogP contribution in [0.3, 0.4) is 0 Å². The number of amides is 1. The first kappa shape index (κ1) is 15.3. The smallest absolute Gasteiger partial charge is 0.328 e. The van der Waals surface area contributed by atoms with E-state index in [0.717, 1.165) is 18.7 Å². The van der Waals surface area contributed by atoms with E-state index in [4.69, 9.17) is 0 Å². The lowest BCUT2D eigenvalue weighted by molar-refractivity contribution is -0.122. The number of aryl methyl sites for hydroxylation is 2. The predicted molar refractivity (Wildman–Crippen MR) is 82.9 cm³/mol. The van der Waals surface area contributed by atoms with Crippen LogP contribution >= 0.6 is 0 Å². The van der Waals surface area contributed by atoms with Crippen molar-refractivity contribution in [3.63, 3.8) is 0 Å². The summed E-state index contributed by atoms with van der Waals surface area (Å²) in [5, 5.41) is 2.96. The van der Waals surface area contributed by atoms with Crippen molar-refractivity contribution in [1.82, 2.24) is 24.4 Å². The van der Waals surface area contributed by atoms with Crippen LogP contribution in [0.25, 0.3) is 0 Å². The van der Waals surface area contributed by atoms with Gasteiger partial charge in [0.1, 0.15) is 12.4 Å². The molecular formula is C15H19N5O3. The zero-order valence-electron chi connectivity index (χ0n) is 13.1. The first-order valence-electron chi connectivity index (χ1n) is 7.52. The zero-order valence-corrected chi connectivity index (χ0v) is 13.1. The number of rotatable bonds is 5. The monoisotopic (exact) mass is 317 g/mol. The van der Waals surface area contributed by atoms with Crippen molar-refractivity contribution in [2.24, 2.45) is 13.0 Å². The minimum absolute atomic E-state index is 0.135. The summed E-state index contributed by atoms with van der Waals surface area (Å²) in [6.07, 6.45) is 7.04. The fraction of sp³-hybridized carbons (Fsp3) is 0.467. The third-order valence-corrected chi connectivity index (χ3v) is 4.05. The molecule has 0 radical (unpaired) electrons. The highest BCUT2D eigenvalue weighted by Crippen LogP contribution is 2.40. The van der Waals surface area contributed by atoms with Crippen molar-refractivity contribution in [2.45, 2.75) is 32.4 Å². The molecule has 2 aromatic rings. The van der Waals surface area contributed by atoms with Gasteiger partial charge in [-0.2, -0.15) is 0 Å². The van der Waals surface area contributed by atoms with Crippen LogP contribution in [0.15, 0.2) is 28.2 Å². The van der Waals surface area contributed by atoms with Gasteiger partial charge in [-0.3, -0.25) is 19.1 Å². The van der Waals surface area contributed by atoms with Crippen molar-refractivity contribution in [1.29, 1.82) is 0 Å². The van der Waals surface area contributed by atoms with Gasteiger partial charge >= 0.3 is 5.69 Å². The largest absolute Gasteiger partial charge is 0.344 e. The highest BCUT2D eigenvalue weighted by atomic mass is 16.2. The van der Waals surface area contributed by atoms with E-state index in [0.29, 0.717) is 11.5 Å². The normalized spacial score (nSPS) is 15.4. The molecule has 3 rings (SSSR count). The number of aromatic amines is 1. The van der Waals surface area contributed by atoms with Crippen molar-refractivity contribution in [3.05, 3.63) is 50.8 Å². The zero-order chi connectivity index (χ0) is 16.6. The number of hydrogen-bond donors (Lipinski definition) is 2. The molecule has 8 nitrogen and oxygen atoms in total. The number of imidazole rings is 1. The Morgan fingerprint density at radius 1 is 1.48 bits per heavy atom. The molecule has 0 spiro atoms. The molecular weight excluding hydrogens is 298 g/mol. The topological polar surface area (TPSA) is 102 Å². The molecule has 1 aliphatic rings. The SMILES string of the molecule is Cc1cn(CC(=O)NC(c2nccn2C)C2CC2)c(=O)[nH]c1=O. The van der Waals surface area contributed by atoms with Crippen LogP contribution < -0.4 is 16.6 Å². The minimum Gasteiger partial charge on any atom is -0.344 e. The van der Waals surface area contributed by atoms with E-state index in [1.807, 2.05) is 17.8 Å². The van der Waals surface area contributed by atoms with E-state index in [-0.39, 0.29) is 18.5 Å². The van der Waals surface area contributed by atoms with Crippen LogP contribution in [0.4, 0.5) is 0 Å². The maximum Gasteiger partial charge on any atom is 0.328 e. The Labute approximate surface area is 132 Å². The van der Waals surface area contributed by atoms with Gasteiger partial charge < -0.3 is 9.88 Å². The second kappa shape index (κ2) is 5.86. The molecule has 1 fully saturated rings. The van der Waals surface area contributed by atoms with Crippen LogP contribution in [0.1, 0.15) is 30.3 Å². The van der Waals surface area contributed by atoms with Gasteiger partial charge in [-0.15, -0.1) is 0 Å². The predicted octanol–water partition coefficient (Wildman–Crippen LogP) is -0.154. The van der Waals surface area contributed by atoms with Crippen molar-refractivity contribution in [2.75, 3.05) is 0 Å². The summed E-state index contributed by atoms with van der Waals surface area (Å²) in [7, 11) is 1.89. The average molecular weight is 317 g/mol. The Morgan fingerprint density at radius 3 is 2.83 bits per heavy atom. The second-order valence-corrected chi connectivity index (χ2v) is 5.98. The quantitative estimate of drug-likeness (QED) is 0.800. The fourth-order valence-corrected chi connectivity index (χ4v) is 2.61. The third kappa shape index (κ3) is 3.25. The highest BCUT2D eigenvalue weighted by Gasteiger charge is 2.35. The van der Waals surface area contributed by atoms with Crippen LogP contribution in [0.5, 0.6) is 0 Å². The molecule has 2 heterocycles. The van der Waals surface area contributed by atoms with Gasteiger partial charge in [0, 0.05) is 31.2 Å². The summed E-state index contributed by atoms with van der Waals surface area (Å²) in [4.78, 5) is 41.9. The Morgan fingerprint density at radius 2 is 2.22 bits per heavy atom. The van der Waals surface area contributed by atoms with E-state index in [1.165, 1.54) is 10.8 Å². The molecule has 0 aliphatic heterocycles. The van der Waals surface area contributed by atoms with Crippen LogP contribution in [-0.2, 0) is 18.4 Å². The highest BCUT2D eigenvalue weighted by molar-refractivity contribution is 5.76. The molecule has 0 saturated heterocycles. The molecule has 8 heteroatoms. The molecule has 1 atom stereocenters. The summed E-state index contributed by atoms with van der Waals surface area (Å²) in [5.74, 6) is 0.915. The van der Waals surface area contributed by atoms with Gasteiger partial charge in [-0.1, -0.05) is 0 Å². The Balaban J connectivity index is 1.76. The van der Waals surface area contributed by atoms with Gasteiger partial charge in [0.25, 0.3) is 5.56 Å². The molecule has 23 heavy (non-hydrogen) atoms. The Kier molecular flexibility index (Phi) is 3.89. The maximum absolute atomic E-state index is 12.3. The summed E-state index contributed by atoms with van der Waals surface area (Å²) < 4.78 is 3.09. The van der Waals surface area contributed by atoms with Gasteiger partial charge in [0.2, 0.25) is 5.91 Å². The third-order valence-electron chi connectivity index (χ3n) is 4.05. The van der Waals surface area contributed by atoms with Gasteiger partial charge in [-0.25, -0.2) is 9.78 Å². The molecule has 1 aliphatic carbocycles. The molecule has 0 bridgehead atoms. The molecule has 1 unspecified atom stereocenters. The molecule has 1 amide bonds. The standard InChI is InChI=1S/C15H19N5O3/c1-9-7-20(15(23)18-14(9)22)8-11(21)17-12(10-3-4-10)13-16-5-6-19(13)2/h5-7,10,12H,3-4,8H2,1-2H3,(H,17,21)(H,18,22,23). The average Bonchev–Trinajstić information content (AvgIpc) is 3.24. The minimum atomic E-state index is -0.587. The number of carbonyl (C=O) groups excluding carboxylic acids is 1. The maximum atomic E-state index is 12.3. The number of hydrogen-bond acceptors (Lipinski definition) is 4. The Bertz CT molecular complexity index is 843. The van der Waals surface area contributed by atoms with E-state index >= 15 is 0 Å². The van der Waals surface area contributed by atoms with E-state index in [2.05, 4.69) is 15.3 Å². The summed E-state index contributed by atoms with van der Waals surface area (Å²) in [5.41, 5.74) is -0.633. The van der Waals surface area contributed by atoms with Crippen molar-refractivity contribution in [3.8, 4) is 0 Å². The first-order valence-corrected chi connectivity index (χ1v) is 7.52. The molecule has 2 aromatic heterocycles. The van der Waals surface area contributed by atoms with Gasteiger partial charge in [0.15, 0.2) is 0 Å². The molecule has 122 valence electrons. The molecule has 2 N–H and O–H groups in total. The Hall–Kier alpha value is -2.64. The second-order valence-electron chi connectivity index (χ2n) is 5.98. The van der Waals surface area contributed by atoms with Gasteiger partial charge in [-0.05, 0) is 25.7 Å². The van der Waals surface area contributed by atoms with Crippen molar-refractivity contribution >= 4 is 5.91 Å². The van der Waals surface area contributed by atoms with E-state index in [1.54, 1.807) is 13.1 Å². The number of H-pyrrole nitrogens is 1. The van der Waals surface area contributed by atoms with Crippen LogP contribution in [0, 0.1) is 12.8 Å². The summed E-state index contributed by atoms with van der Waals surface area (Å²) >= 11 is 0. The molecule has 0 aromatic carbocycles. The van der Waals surface area contributed by atoms with Crippen LogP contribution in [0.2, 0.25) is 0 Å².